The minimum Gasteiger partial charge on any atom is -0.375 e. The minimum absolute atomic E-state index is 0.254. The maximum Gasteiger partial charge on any atom is 0.258 e. The van der Waals surface area contributed by atoms with Crippen LogP contribution in [0.5, 0.6) is 0 Å². The lowest BCUT2D eigenvalue weighted by Gasteiger charge is -2.21. The van der Waals surface area contributed by atoms with Crippen molar-refractivity contribution in [3.05, 3.63) is 59.2 Å². The fourth-order valence-corrected chi connectivity index (χ4v) is 4.73. The first-order valence-electron chi connectivity index (χ1n) is 9.44. The fraction of sp³-hybridized carbons (Fsp3) is 0.227. The van der Waals surface area contributed by atoms with Gasteiger partial charge in [-0.2, -0.15) is 0 Å². The molecule has 146 valence electrons. The first kappa shape index (κ1) is 18.0. The molecular weight excluding hydrogens is 384 g/mol. The van der Waals surface area contributed by atoms with Crippen molar-refractivity contribution in [2.75, 3.05) is 13.6 Å². The number of fused-ring (bicyclic) bond motifs is 1. The maximum atomic E-state index is 12.4. The van der Waals surface area contributed by atoms with Crippen LogP contribution in [-0.4, -0.2) is 44.5 Å². The summed E-state index contributed by atoms with van der Waals surface area (Å²) in [5, 5.41) is 14.9. The lowest BCUT2D eigenvalue weighted by molar-refractivity contribution is -0.143. The van der Waals surface area contributed by atoms with Crippen molar-refractivity contribution in [1.82, 2.24) is 19.9 Å². The van der Waals surface area contributed by atoms with Crippen LogP contribution in [0.25, 0.3) is 32.9 Å². The zero-order valence-electron chi connectivity index (χ0n) is 16.1. The van der Waals surface area contributed by atoms with Gasteiger partial charge < -0.3 is 15.0 Å². The summed E-state index contributed by atoms with van der Waals surface area (Å²) in [6.07, 6.45) is 4.18. The Balaban J connectivity index is 1.53. The molecule has 29 heavy (non-hydrogen) atoms. The van der Waals surface area contributed by atoms with Crippen molar-refractivity contribution < 1.29 is 9.90 Å². The highest BCUT2D eigenvalue weighted by molar-refractivity contribution is 7.13. The van der Waals surface area contributed by atoms with Gasteiger partial charge in [-0.25, -0.2) is 9.97 Å². The maximum absolute atomic E-state index is 12.4. The van der Waals surface area contributed by atoms with Gasteiger partial charge in [0, 0.05) is 54.3 Å². The number of nitrogens with one attached hydrogen (secondary N) is 1. The molecule has 1 aliphatic rings. The lowest BCUT2D eigenvalue weighted by Crippen LogP contribution is -2.36. The van der Waals surface area contributed by atoms with Crippen LogP contribution >= 0.6 is 11.3 Å². The zero-order chi connectivity index (χ0) is 20.2. The monoisotopic (exact) mass is 404 g/mol. The van der Waals surface area contributed by atoms with Crippen molar-refractivity contribution in [3.8, 4) is 21.8 Å². The molecule has 1 aliphatic heterocycles. The molecule has 6 nitrogen and oxygen atoms in total. The van der Waals surface area contributed by atoms with Gasteiger partial charge in [0.05, 0.1) is 5.69 Å². The van der Waals surface area contributed by atoms with Crippen LogP contribution in [0.15, 0.2) is 48.1 Å². The molecule has 4 aromatic rings. The molecule has 5 rings (SSSR count). The molecular formula is C22H20N4O2S. The molecule has 4 heterocycles. The van der Waals surface area contributed by atoms with Gasteiger partial charge in [0.1, 0.15) is 10.7 Å². The Bertz CT molecular complexity index is 1240. The third kappa shape index (κ3) is 2.85. The average molecular weight is 404 g/mol. The van der Waals surface area contributed by atoms with E-state index in [4.69, 9.17) is 4.98 Å². The Morgan fingerprint density at radius 3 is 2.97 bits per heavy atom. The van der Waals surface area contributed by atoms with Crippen LogP contribution in [0, 0.1) is 6.92 Å². The standard InChI is InChI=1S/C22H20N4O2S/c1-13-8-16-17(11-24-19(16)23-10-13)20-25-18(12-29-20)14-4-3-5-15(9-14)22(28)6-7-26(2)21(22)27/h3-5,8-12,28H,6-7H2,1-2H3,(H,23,24)/t22-/m1/s1. The van der Waals surface area contributed by atoms with Crippen LogP contribution in [-0.2, 0) is 10.4 Å². The summed E-state index contributed by atoms with van der Waals surface area (Å²) in [5.41, 5.74) is 3.83. The van der Waals surface area contributed by atoms with Gasteiger partial charge in [-0.3, -0.25) is 4.79 Å². The predicted octanol–water partition coefficient (Wildman–Crippen LogP) is 3.71. The Kier molecular flexibility index (Phi) is 4.04. The molecule has 0 radical (unpaired) electrons. The molecule has 0 bridgehead atoms. The number of aliphatic hydroxyl groups is 1. The summed E-state index contributed by atoms with van der Waals surface area (Å²) in [6.45, 7) is 2.57. The van der Waals surface area contributed by atoms with E-state index in [0.29, 0.717) is 18.5 Å². The Morgan fingerprint density at radius 2 is 2.17 bits per heavy atom. The molecule has 1 aromatic carbocycles. The minimum atomic E-state index is -1.45. The first-order chi connectivity index (χ1) is 14.0. The van der Waals surface area contributed by atoms with Gasteiger partial charge in [0.2, 0.25) is 0 Å². The van der Waals surface area contributed by atoms with E-state index < -0.39 is 5.60 Å². The van der Waals surface area contributed by atoms with Gasteiger partial charge in [-0.1, -0.05) is 18.2 Å². The van der Waals surface area contributed by atoms with E-state index in [2.05, 4.69) is 16.0 Å². The number of thiazole rings is 1. The van der Waals surface area contributed by atoms with E-state index in [9.17, 15) is 9.90 Å². The quantitative estimate of drug-likeness (QED) is 0.545. The van der Waals surface area contributed by atoms with E-state index in [1.807, 2.05) is 49.0 Å². The SMILES string of the molecule is Cc1cnc2[nH]cc(-c3nc(-c4cccc([C@]5(O)CCN(C)C5=O)c4)cs3)c2c1. The van der Waals surface area contributed by atoms with E-state index in [0.717, 1.165) is 38.4 Å². The predicted molar refractivity (Wildman–Crippen MR) is 114 cm³/mol. The topological polar surface area (TPSA) is 82.1 Å². The van der Waals surface area contributed by atoms with Crippen molar-refractivity contribution in [1.29, 1.82) is 0 Å². The second kappa shape index (κ2) is 6.50. The molecule has 1 saturated heterocycles. The molecule has 1 fully saturated rings. The number of carbonyl (C=O) groups excluding carboxylic acids is 1. The Morgan fingerprint density at radius 1 is 1.31 bits per heavy atom. The van der Waals surface area contributed by atoms with E-state index >= 15 is 0 Å². The average Bonchev–Trinajstić information content (AvgIpc) is 3.43. The van der Waals surface area contributed by atoms with Crippen molar-refractivity contribution >= 4 is 28.3 Å². The number of pyridine rings is 1. The van der Waals surface area contributed by atoms with Crippen molar-refractivity contribution in [2.24, 2.45) is 0 Å². The van der Waals surface area contributed by atoms with Crippen LogP contribution in [0.3, 0.4) is 0 Å². The van der Waals surface area contributed by atoms with Crippen LogP contribution < -0.4 is 0 Å². The van der Waals surface area contributed by atoms with Crippen molar-refractivity contribution in [3.63, 3.8) is 0 Å². The number of benzene rings is 1. The molecule has 0 saturated carbocycles. The highest BCUT2D eigenvalue weighted by atomic mass is 32.1. The number of hydrogen-bond acceptors (Lipinski definition) is 5. The van der Waals surface area contributed by atoms with E-state index in [-0.39, 0.29) is 5.91 Å². The van der Waals surface area contributed by atoms with Crippen LogP contribution in [0.4, 0.5) is 0 Å². The number of H-pyrrole nitrogens is 1. The van der Waals surface area contributed by atoms with Gasteiger partial charge in [0.25, 0.3) is 5.91 Å². The number of carbonyl (C=O) groups is 1. The number of rotatable bonds is 3. The lowest BCUT2D eigenvalue weighted by atomic mass is 9.90. The number of nitrogens with zero attached hydrogens (tertiary/aromatic N) is 3. The number of aromatic amines is 1. The zero-order valence-corrected chi connectivity index (χ0v) is 17.0. The summed E-state index contributed by atoms with van der Waals surface area (Å²) >= 11 is 1.56. The second-order valence-electron chi connectivity index (χ2n) is 7.57. The molecule has 7 heteroatoms. The summed E-state index contributed by atoms with van der Waals surface area (Å²) in [6, 6.07) is 9.61. The third-order valence-electron chi connectivity index (χ3n) is 5.55. The Hall–Kier alpha value is -3.03. The number of hydrogen-bond donors (Lipinski definition) is 2. The van der Waals surface area contributed by atoms with Crippen LogP contribution in [0.1, 0.15) is 17.5 Å². The molecule has 1 amide bonds. The van der Waals surface area contributed by atoms with E-state index in [1.54, 1.807) is 23.3 Å². The largest absolute Gasteiger partial charge is 0.375 e. The van der Waals surface area contributed by atoms with Gasteiger partial charge >= 0.3 is 0 Å². The van der Waals surface area contributed by atoms with Gasteiger partial charge in [-0.15, -0.1) is 11.3 Å². The summed E-state index contributed by atoms with van der Waals surface area (Å²) in [4.78, 5) is 26.5. The third-order valence-corrected chi connectivity index (χ3v) is 6.42. The normalized spacial score (nSPS) is 19.4. The van der Waals surface area contributed by atoms with Crippen molar-refractivity contribution in [2.45, 2.75) is 18.9 Å². The molecule has 1 atom stereocenters. The summed E-state index contributed by atoms with van der Waals surface area (Å²) in [5.74, 6) is -0.254. The number of likely N-dealkylation sites (tertiary alicyclic amines) is 1. The molecule has 0 aliphatic carbocycles. The second-order valence-corrected chi connectivity index (χ2v) is 8.42. The molecule has 2 N–H and O–H groups in total. The molecule has 0 unspecified atom stereocenters. The highest BCUT2D eigenvalue weighted by Crippen LogP contribution is 2.37. The van der Waals surface area contributed by atoms with Crippen LogP contribution in [0.2, 0.25) is 0 Å². The number of aromatic nitrogens is 3. The van der Waals surface area contributed by atoms with Gasteiger partial charge in [-0.05, 0) is 30.2 Å². The summed E-state index contributed by atoms with van der Waals surface area (Å²) < 4.78 is 0. The summed E-state index contributed by atoms with van der Waals surface area (Å²) in [7, 11) is 1.72. The smallest absolute Gasteiger partial charge is 0.258 e. The van der Waals surface area contributed by atoms with Gasteiger partial charge in [0.15, 0.2) is 5.60 Å². The number of likely N-dealkylation sites (N-methyl/N-ethyl adjacent to an activating group) is 1. The number of aryl methyl sites for hydroxylation is 1. The number of amides is 1. The first-order valence-corrected chi connectivity index (χ1v) is 10.3. The highest BCUT2D eigenvalue weighted by Gasteiger charge is 2.45. The molecule has 0 spiro atoms. The van der Waals surface area contributed by atoms with E-state index in [1.165, 1.54) is 0 Å². The fourth-order valence-electron chi connectivity index (χ4n) is 3.87. The molecule has 3 aromatic heterocycles. The Labute approximate surface area is 171 Å².